The van der Waals surface area contributed by atoms with Crippen LogP contribution in [0.15, 0.2) is 24.3 Å². The van der Waals surface area contributed by atoms with Crippen molar-refractivity contribution < 1.29 is 61.0 Å². The van der Waals surface area contributed by atoms with Gasteiger partial charge in [-0.3, -0.25) is 0 Å². The average Bonchev–Trinajstić information content (AvgIpc) is 3.26. The largest absolute Gasteiger partial charge is 0.508 e. The molecule has 0 aliphatic carbocycles. The Labute approximate surface area is 219 Å². The van der Waals surface area contributed by atoms with Gasteiger partial charge >= 0.3 is 12.3 Å². The Bertz CT molecular complexity index is 1090. The second-order valence-corrected chi connectivity index (χ2v) is 8.78. The zero-order valence-corrected chi connectivity index (χ0v) is 21.0. The van der Waals surface area contributed by atoms with Crippen molar-refractivity contribution in [3.05, 3.63) is 46.6 Å². The molecular weight excluding hydrogens is 539 g/mol. The summed E-state index contributed by atoms with van der Waals surface area (Å²) >= 11 is 0. The first kappa shape index (κ1) is 30.5. The highest BCUT2D eigenvalue weighted by Gasteiger charge is 2.47. The van der Waals surface area contributed by atoms with Crippen molar-refractivity contribution in [2.45, 2.75) is 62.7 Å². The summed E-state index contributed by atoms with van der Waals surface area (Å²) in [6.07, 6.45) is -15.2. The summed E-state index contributed by atoms with van der Waals surface area (Å²) in [4.78, 5) is 11.3. The fourth-order valence-electron chi connectivity index (χ4n) is 4.01. The van der Waals surface area contributed by atoms with Gasteiger partial charge in [0.1, 0.15) is 50.4 Å². The number of methoxy groups -OCH3 is 1. The highest BCUT2D eigenvalue weighted by molar-refractivity contribution is 5.59. The van der Waals surface area contributed by atoms with Crippen LogP contribution in [-0.2, 0) is 33.2 Å². The van der Waals surface area contributed by atoms with E-state index in [0.29, 0.717) is 12.0 Å². The third kappa shape index (κ3) is 6.96. The lowest BCUT2D eigenvalue weighted by Gasteiger charge is -2.39. The molecule has 2 heterocycles. The van der Waals surface area contributed by atoms with Crippen LogP contribution in [0.3, 0.4) is 0 Å². The highest BCUT2D eigenvalue weighted by atomic mass is 19.4. The van der Waals surface area contributed by atoms with Gasteiger partial charge in [0.25, 0.3) is 0 Å². The number of halogens is 5. The third-order valence-corrected chi connectivity index (χ3v) is 6.18. The van der Waals surface area contributed by atoms with E-state index in [4.69, 9.17) is 9.47 Å². The molecule has 1 aliphatic rings. The number of aliphatic hydroxyl groups is 3. The summed E-state index contributed by atoms with van der Waals surface area (Å²) < 4.78 is 89.7. The Kier molecular flexibility index (Phi) is 10.1. The lowest BCUT2D eigenvalue weighted by molar-refractivity contribution is -0.278. The molecule has 0 amide bonds. The monoisotopic (exact) mass is 568 g/mol. The van der Waals surface area contributed by atoms with Gasteiger partial charge in [-0.15, -0.1) is 5.10 Å². The van der Waals surface area contributed by atoms with Gasteiger partial charge in [0.05, 0.1) is 12.7 Å². The minimum absolute atomic E-state index is 0.142. The Morgan fingerprint density at radius 2 is 1.69 bits per heavy atom. The normalized spacial score (nSPS) is 23.6. The maximum Gasteiger partial charge on any atom is 0.508 e. The number of alkyl halides is 5. The maximum absolute atomic E-state index is 14.2. The Morgan fingerprint density at radius 3 is 2.23 bits per heavy atom. The van der Waals surface area contributed by atoms with E-state index in [1.807, 2.05) is 6.92 Å². The molecule has 15 heteroatoms. The molecule has 39 heavy (non-hydrogen) atoms. The minimum Gasteiger partial charge on any atom is -0.443 e. The van der Waals surface area contributed by atoms with Crippen molar-refractivity contribution in [1.82, 2.24) is 9.78 Å². The van der Waals surface area contributed by atoms with Gasteiger partial charge < -0.3 is 34.3 Å². The molecule has 1 aromatic carbocycles. The van der Waals surface area contributed by atoms with E-state index in [-0.39, 0.29) is 4.68 Å². The van der Waals surface area contributed by atoms with Crippen LogP contribution < -0.4 is 4.74 Å². The number of aryl methyl sites for hydroxylation is 1. The van der Waals surface area contributed by atoms with Crippen LogP contribution in [0.1, 0.15) is 35.3 Å². The van der Waals surface area contributed by atoms with Crippen molar-refractivity contribution in [3.8, 4) is 5.88 Å². The third-order valence-electron chi connectivity index (χ3n) is 6.18. The van der Waals surface area contributed by atoms with Crippen LogP contribution >= 0.6 is 0 Å². The molecule has 3 N–H and O–H groups in total. The molecule has 0 saturated carbocycles. The second kappa shape index (κ2) is 12.9. The summed E-state index contributed by atoms with van der Waals surface area (Å²) in [5.74, 6) is -0.769. The zero-order chi connectivity index (χ0) is 28.9. The number of carbonyl (C=O) groups is 1. The molecule has 1 fully saturated rings. The Hall–Kier alpha value is -3.01. The molecule has 5 atom stereocenters. The van der Waals surface area contributed by atoms with Crippen molar-refractivity contribution in [2.24, 2.45) is 0 Å². The number of aliphatic hydroxyl groups excluding tert-OH is 3. The van der Waals surface area contributed by atoms with Crippen molar-refractivity contribution in [3.63, 3.8) is 0 Å². The van der Waals surface area contributed by atoms with Crippen molar-refractivity contribution in [2.75, 3.05) is 27.1 Å². The molecule has 10 nitrogen and oxygen atoms in total. The standard InChI is InChI=1S/C24H29F5N2O8/c1-3-12-4-6-13(7-5-12)8-15-20(24(27,28)29)31(14(9-25)10-26)30-21(15)39-22-19(34)18(33)17(32)16(38-22)11-37-23(35)36-2/h4-7,14,16-19,22,32-34H,3,8-11H2,1-2H3/t16-,17-,18+,19-,22+/m1/s1. The highest BCUT2D eigenvalue weighted by Crippen LogP contribution is 2.40. The van der Waals surface area contributed by atoms with Gasteiger partial charge in [0, 0.05) is 6.42 Å². The summed E-state index contributed by atoms with van der Waals surface area (Å²) in [5.41, 5.74) is -0.751. The van der Waals surface area contributed by atoms with E-state index in [2.05, 4.69) is 14.6 Å². The van der Waals surface area contributed by atoms with E-state index < -0.39 is 92.6 Å². The maximum atomic E-state index is 14.2. The minimum atomic E-state index is -5.12. The van der Waals surface area contributed by atoms with Crippen LogP contribution in [0.5, 0.6) is 5.88 Å². The van der Waals surface area contributed by atoms with E-state index in [1.54, 1.807) is 24.3 Å². The summed E-state index contributed by atoms with van der Waals surface area (Å²) in [7, 11) is 1.01. The summed E-state index contributed by atoms with van der Waals surface area (Å²) in [6, 6.07) is 4.64. The second-order valence-electron chi connectivity index (χ2n) is 8.78. The molecule has 0 bridgehead atoms. The van der Waals surface area contributed by atoms with Gasteiger partial charge in [0.15, 0.2) is 5.69 Å². The number of hydrogen-bond donors (Lipinski definition) is 3. The quantitative estimate of drug-likeness (QED) is 0.292. The van der Waals surface area contributed by atoms with Gasteiger partial charge in [-0.2, -0.15) is 13.2 Å². The molecule has 0 radical (unpaired) electrons. The van der Waals surface area contributed by atoms with Gasteiger partial charge in [0.2, 0.25) is 12.2 Å². The van der Waals surface area contributed by atoms with Crippen LogP contribution in [0.25, 0.3) is 0 Å². The Morgan fingerprint density at radius 1 is 1.08 bits per heavy atom. The number of rotatable bonds is 10. The van der Waals surface area contributed by atoms with E-state index in [1.165, 1.54) is 0 Å². The van der Waals surface area contributed by atoms with Gasteiger partial charge in [-0.25, -0.2) is 18.3 Å². The predicted molar refractivity (Wildman–Crippen MR) is 123 cm³/mol. The summed E-state index contributed by atoms with van der Waals surface area (Å²) in [5, 5.41) is 34.5. The Balaban J connectivity index is 2.03. The van der Waals surface area contributed by atoms with E-state index >= 15 is 0 Å². The van der Waals surface area contributed by atoms with Crippen LogP contribution in [0.2, 0.25) is 0 Å². The first-order valence-corrected chi connectivity index (χ1v) is 11.9. The van der Waals surface area contributed by atoms with Crippen LogP contribution in [-0.4, -0.2) is 89.0 Å². The smallest absolute Gasteiger partial charge is 0.443 e. The van der Waals surface area contributed by atoms with E-state index in [0.717, 1.165) is 12.7 Å². The van der Waals surface area contributed by atoms with Crippen LogP contribution in [0, 0.1) is 0 Å². The van der Waals surface area contributed by atoms with Crippen molar-refractivity contribution >= 4 is 6.16 Å². The molecular formula is C24H29F5N2O8. The molecule has 0 unspecified atom stereocenters. The first-order valence-electron chi connectivity index (χ1n) is 11.9. The zero-order valence-electron chi connectivity index (χ0n) is 21.0. The molecule has 1 saturated heterocycles. The predicted octanol–water partition coefficient (Wildman–Crippen LogP) is 2.50. The molecule has 2 aromatic rings. The molecule has 3 rings (SSSR count). The fourth-order valence-corrected chi connectivity index (χ4v) is 4.01. The number of carbonyl (C=O) groups excluding carboxylic acids is 1. The molecule has 1 aliphatic heterocycles. The number of nitrogens with zero attached hydrogens (tertiary/aromatic N) is 2. The number of hydrogen-bond acceptors (Lipinski definition) is 9. The fraction of sp³-hybridized carbons (Fsp3) is 0.583. The molecule has 1 aromatic heterocycles. The van der Waals surface area contributed by atoms with Gasteiger partial charge in [-0.05, 0) is 17.5 Å². The topological polar surface area (TPSA) is 133 Å². The van der Waals surface area contributed by atoms with Crippen molar-refractivity contribution in [1.29, 1.82) is 0 Å². The van der Waals surface area contributed by atoms with Gasteiger partial charge in [-0.1, -0.05) is 31.2 Å². The lowest BCUT2D eigenvalue weighted by atomic mass is 9.99. The SMILES string of the molecule is CCc1ccc(Cc2c(O[C@@H]3O[C@H](COC(=O)OC)[C@@H](O)[C@H](O)[C@H]3O)nn(C(CF)CF)c2C(F)(F)F)cc1. The summed E-state index contributed by atoms with van der Waals surface area (Å²) in [6.45, 7) is -1.80. The number of aromatic nitrogens is 2. The lowest BCUT2D eigenvalue weighted by Crippen LogP contribution is -2.60. The van der Waals surface area contributed by atoms with E-state index in [9.17, 15) is 42.1 Å². The average molecular weight is 568 g/mol. The number of benzene rings is 1. The first-order chi connectivity index (χ1) is 18.4. The molecule has 218 valence electrons. The number of ether oxygens (including phenoxy) is 4. The molecule has 0 spiro atoms. The van der Waals surface area contributed by atoms with Crippen LogP contribution in [0.4, 0.5) is 26.7 Å².